The van der Waals surface area contributed by atoms with Gasteiger partial charge in [0.15, 0.2) is 5.13 Å². The molecule has 0 spiro atoms. The van der Waals surface area contributed by atoms with Gasteiger partial charge in [-0.2, -0.15) is 0 Å². The molecule has 2 rings (SSSR count). The molecule has 7 heteroatoms. The molecule has 0 radical (unpaired) electrons. The molecule has 0 aromatic carbocycles. The molecule has 0 amide bonds. The van der Waals surface area contributed by atoms with Gasteiger partial charge in [0.2, 0.25) is 5.70 Å². The monoisotopic (exact) mass is 311 g/mol. The largest absolute Gasteiger partial charge is 0.378 e. The molecule has 1 aliphatic heterocycles. The third-order valence-electron chi connectivity index (χ3n) is 3.25. The zero-order chi connectivity index (χ0) is 15.4. The summed E-state index contributed by atoms with van der Waals surface area (Å²) in [5, 5.41) is 12.1. The van der Waals surface area contributed by atoms with Gasteiger partial charge in [-0.15, -0.1) is 0 Å². The first-order chi connectivity index (χ1) is 9.97. The summed E-state index contributed by atoms with van der Waals surface area (Å²) in [5.41, 5.74) is 1.11. The standard InChI is InChI=1S/C14H21N3O3S/c1-10(2)8-12(17(18)19)9-13-11(3)15-14(21-13)16-4-6-20-7-5-16/h9-10H,4-8H2,1-3H3. The van der Waals surface area contributed by atoms with E-state index in [1.165, 1.54) is 11.3 Å². The van der Waals surface area contributed by atoms with Crippen molar-refractivity contribution in [3.05, 3.63) is 26.4 Å². The molecule has 0 aliphatic carbocycles. The van der Waals surface area contributed by atoms with Crippen LogP contribution in [0.4, 0.5) is 5.13 Å². The van der Waals surface area contributed by atoms with Gasteiger partial charge in [-0.05, 0) is 12.8 Å². The summed E-state index contributed by atoms with van der Waals surface area (Å²) in [7, 11) is 0. The minimum atomic E-state index is -0.284. The van der Waals surface area contributed by atoms with Crippen LogP contribution in [0.15, 0.2) is 5.70 Å². The van der Waals surface area contributed by atoms with E-state index >= 15 is 0 Å². The fraction of sp³-hybridized carbons (Fsp3) is 0.643. The van der Waals surface area contributed by atoms with E-state index < -0.39 is 0 Å². The molecule has 1 aromatic rings. The maximum atomic E-state index is 11.2. The van der Waals surface area contributed by atoms with Crippen molar-refractivity contribution >= 4 is 22.5 Å². The van der Waals surface area contributed by atoms with Gasteiger partial charge in [0.05, 0.1) is 28.7 Å². The number of anilines is 1. The molecule has 6 nitrogen and oxygen atoms in total. The van der Waals surface area contributed by atoms with E-state index in [-0.39, 0.29) is 16.5 Å². The number of ether oxygens (including phenoxy) is 1. The van der Waals surface area contributed by atoms with E-state index in [4.69, 9.17) is 4.74 Å². The fourth-order valence-corrected chi connectivity index (χ4v) is 3.25. The lowest BCUT2D eigenvalue weighted by molar-refractivity contribution is -0.427. The van der Waals surface area contributed by atoms with Crippen LogP contribution in [0.1, 0.15) is 30.8 Å². The topological polar surface area (TPSA) is 68.5 Å². The molecular weight excluding hydrogens is 290 g/mol. The lowest BCUT2D eigenvalue weighted by Gasteiger charge is -2.25. The van der Waals surface area contributed by atoms with Crippen LogP contribution in [0.3, 0.4) is 0 Å². The molecule has 0 bridgehead atoms. The Morgan fingerprint density at radius 3 is 2.76 bits per heavy atom. The number of aromatic nitrogens is 1. The summed E-state index contributed by atoms with van der Waals surface area (Å²) in [6.45, 7) is 8.92. The van der Waals surface area contributed by atoms with E-state index in [9.17, 15) is 10.1 Å². The van der Waals surface area contributed by atoms with Crippen LogP contribution in [0.25, 0.3) is 6.08 Å². The predicted molar refractivity (Wildman–Crippen MR) is 84.3 cm³/mol. The summed E-state index contributed by atoms with van der Waals surface area (Å²) in [6, 6.07) is 0. The number of rotatable bonds is 5. The Hall–Kier alpha value is -1.47. The first-order valence-corrected chi connectivity index (χ1v) is 7.94. The Balaban J connectivity index is 2.22. The summed E-state index contributed by atoms with van der Waals surface area (Å²) < 4.78 is 5.33. The van der Waals surface area contributed by atoms with E-state index in [0.717, 1.165) is 28.8 Å². The highest BCUT2D eigenvalue weighted by molar-refractivity contribution is 7.16. The van der Waals surface area contributed by atoms with E-state index in [1.54, 1.807) is 6.08 Å². The van der Waals surface area contributed by atoms with Gasteiger partial charge in [0.1, 0.15) is 0 Å². The van der Waals surface area contributed by atoms with Crippen LogP contribution in [-0.2, 0) is 4.74 Å². The van der Waals surface area contributed by atoms with Crippen molar-refractivity contribution in [2.24, 2.45) is 5.92 Å². The van der Waals surface area contributed by atoms with Crippen LogP contribution >= 0.6 is 11.3 Å². The van der Waals surface area contributed by atoms with Crippen LogP contribution < -0.4 is 4.90 Å². The molecule has 1 aliphatic rings. The molecular formula is C14H21N3O3S. The number of aryl methyl sites for hydroxylation is 1. The van der Waals surface area contributed by atoms with Crippen LogP contribution in [0.2, 0.25) is 0 Å². The highest BCUT2D eigenvalue weighted by Crippen LogP contribution is 2.29. The van der Waals surface area contributed by atoms with Crippen molar-refractivity contribution in [1.82, 2.24) is 4.98 Å². The quantitative estimate of drug-likeness (QED) is 0.617. The maximum absolute atomic E-state index is 11.2. The molecule has 0 atom stereocenters. The normalized spacial score (nSPS) is 16.6. The number of allylic oxidation sites excluding steroid dienone is 1. The lowest BCUT2D eigenvalue weighted by atomic mass is 10.1. The second kappa shape index (κ2) is 7.00. The highest BCUT2D eigenvalue weighted by Gasteiger charge is 2.19. The average Bonchev–Trinajstić information content (AvgIpc) is 2.80. The summed E-state index contributed by atoms with van der Waals surface area (Å²) in [6.07, 6.45) is 2.15. The number of nitro groups is 1. The molecule has 21 heavy (non-hydrogen) atoms. The van der Waals surface area contributed by atoms with E-state index in [0.29, 0.717) is 19.6 Å². The van der Waals surface area contributed by atoms with Crippen LogP contribution in [-0.4, -0.2) is 36.2 Å². The van der Waals surface area contributed by atoms with Crippen LogP contribution in [0, 0.1) is 23.0 Å². The Kier molecular flexibility index (Phi) is 5.30. The van der Waals surface area contributed by atoms with Crippen molar-refractivity contribution in [2.75, 3.05) is 31.2 Å². The number of hydrogen-bond donors (Lipinski definition) is 0. The molecule has 1 fully saturated rings. The first kappa shape index (κ1) is 15.9. The molecule has 2 heterocycles. The summed E-state index contributed by atoms with van der Waals surface area (Å²) >= 11 is 1.52. The molecule has 0 saturated carbocycles. The maximum Gasteiger partial charge on any atom is 0.247 e. The molecule has 1 saturated heterocycles. The molecule has 0 N–H and O–H groups in total. The van der Waals surface area contributed by atoms with Gasteiger partial charge < -0.3 is 9.64 Å². The third-order valence-corrected chi connectivity index (χ3v) is 4.42. The lowest BCUT2D eigenvalue weighted by Crippen LogP contribution is -2.36. The molecule has 1 aromatic heterocycles. The fourth-order valence-electron chi connectivity index (χ4n) is 2.17. The van der Waals surface area contributed by atoms with Gasteiger partial charge in [0, 0.05) is 25.6 Å². The average molecular weight is 311 g/mol. The van der Waals surface area contributed by atoms with Crippen LogP contribution in [0.5, 0.6) is 0 Å². The smallest absolute Gasteiger partial charge is 0.247 e. The zero-order valence-electron chi connectivity index (χ0n) is 12.7. The highest BCUT2D eigenvalue weighted by atomic mass is 32.1. The summed E-state index contributed by atoms with van der Waals surface area (Å²) in [4.78, 5) is 18.5. The molecule has 116 valence electrons. The summed E-state index contributed by atoms with van der Waals surface area (Å²) in [5.74, 6) is 0.258. The van der Waals surface area contributed by atoms with E-state index in [2.05, 4.69) is 9.88 Å². The van der Waals surface area contributed by atoms with Gasteiger partial charge in [-0.25, -0.2) is 4.98 Å². The minimum absolute atomic E-state index is 0.255. The number of hydrogen-bond acceptors (Lipinski definition) is 6. The van der Waals surface area contributed by atoms with Gasteiger partial charge >= 0.3 is 0 Å². The molecule has 0 unspecified atom stereocenters. The predicted octanol–water partition coefficient (Wildman–Crippen LogP) is 2.95. The SMILES string of the molecule is Cc1nc(N2CCOCC2)sc1C=C(CC(C)C)[N+](=O)[O-]. The second-order valence-corrected chi connectivity index (χ2v) is 6.55. The number of nitrogens with zero attached hydrogens (tertiary/aromatic N) is 3. The minimum Gasteiger partial charge on any atom is -0.378 e. The van der Waals surface area contributed by atoms with E-state index in [1.807, 2.05) is 20.8 Å². The zero-order valence-corrected chi connectivity index (χ0v) is 13.5. The van der Waals surface area contributed by atoms with Crippen molar-refractivity contribution in [3.8, 4) is 0 Å². The Morgan fingerprint density at radius 1 is 1.52 bits per heavy atom. The van der Waals surface area contributed by atoms with Gasteiger partial charge in [-0.3, -0.25) is 10.1 Å². The number of morpholine rings is 1. The van der Waals surface area contributed by atoms with Crippen molar-refractivity contribution in [2.45, 2.75) is 27.2 Å². The van der Waals surface area contributed by atoms with Gasteiger partial charge in [-0.1, -0.05) is 25.2 Å². The Morgan fingerprint density at radius 2 is 2.19 bits per heavy atom. The second-order valence-electron chi connectivity index (χ2n) is 5.54. The van der Waals surface area contributed by atoms with Crippen molar-refractivity contribution in [1.29, 1.82) is 0 Å². The third kappa shape index (κ3) is 4.25. The first-order valence-electron chi connectivity index (χ1n) is 7.12. The Labute approximate surface area is 128 Å². The van der Waals surface area contributed by atoms with Crippen molar-refractivity contribution < 1.29 is 9.66 Å². The number of thiazole rings is 1. The van der Waals surface area contributed by atoms with Crippen molar-refractivity contribution in [3.63, 3.8) is 0 Å². The van der Waals surface area contributed by atoms with Gasteiger partial charge in [0.25, 0.3) is 0 Å². The Bertz CT molecular complexity index is 534.